The molecule has 0 saturated carbocycles. The normalized spacial score (nSPS) is 14.5. The minimum atomic E-state index is 0.422. The Labute approximate surface area is 93.2 Å². The molecule has 0 saturated heterocycles. The van der Waals surface area contributed by atoms with Gasteiger partial charge in [0.05, 0.1) is 0 Å². The summed E-state index contributed by atoms with van der Waals surface area (Å²) in [7, 11) is 0. The van der Waals surface area contributed by atoms with Crippen molar-refractivity contribution in [2.75, 3.05) is 0 Å². The quantitative estimate of drug-likeness (QED) is 0.695. The molecule has 82 valence electrons. The van der Waals surface area contributed by atoms with Gasteiger partial charge in [-0.1, -0.05) is 36.4 Å². The minimum absolute atomic E-state index is 0.422. The van der Waals surface area contributed by atoms with Crippen LogP contribution in [-0.4, -0.2) is 6.04 Å². The number of benzene rings is 1. The van der Waals surface area contributed by atoms with Crippen molar-refractivity contribution in [1.82, 2.24) is 5.32 Å². The van der Waals surface area contributed by atoms with Gasteiger partial charge in [0, 0.05) is 12.1 Å². The lowest BCUT2D eigenvalue weighted by Crippen LogP contribution is -2.28. The zero-order valence-electron chi connectivity index (χ0n) is 9.74. The predicted molar refractivity (Wildman–Crippen MR) is 66.9 cm³/mol. The topological polar surface area (TPSA) is 12.0 Å². The van der Waals surface area contributed by atoms with Gasteiger partial charge in [-0.3, -0.25) is 0 Å². The van der Waals surface area contributed by atoms with Gasteiger partial charge in [-0.25, -0.2) is 0 Å². The Bertz CT molecular complexity index is 279. The second kappa shape index (κ2) is 6.41. The molecule has 0 radical (unpaired) electrons. The fraction of sp³-hybridized carbons (Fsp3) is 0.429. The third-order valence-corrected chi connectivity index (χ3v) is 2.64. The van der Waals surface area contributed by atoms with E-state index in [1.807, 2.05) is 6.08 Å². The number of hydrogen-bond acceptors (Lipinski definition) is 1. The van der Waals surface area contributed by atoms with Crippen LogP contribution in [0.25, 0.3) is 0 Å². The molecule has 1 aromatic carbocycles. The van der Waals surface area contributed by atoms with Crippen LogP contribution < -0.4 is 5.32 Å². The van der Waals surface area contributed by atoms with Crippen LogP contribution in [-0.2, 0) is 0 Å². The summed E-state index contributed by atoms with van der Waals surface area (Å²) < 4.78 is 0. The maximum absolute atomic E-state index is 3.74. The monoisotopic (exact) mass is 203 g/mol. The van der Waals surface area contributed by atoms with Gasteiger partial charge in [0.25, 0.3) is 0 Å². The minimum Gasteiger partial charge on any atom is -0.308 e. The Balaban J connectivity index is 2.41. The van der Waals surface area contributed by atoms with Crippen molar-refractivity contribution < 1.29 is 0 Å². The first-order valence-electron chi connectivity index (χ1n) is 5.66. The SMILES string of the molecule is C=CCC[C@H](C)N[C@@H](C)c1ccccc1. The summed E-state index contributed by atoms with van der Waals surface area (Å²) in [4.78, 5) is 0. The molecule has 1 N–H and O–H groups in total. The van der Waals surface area contributed by atoms with Gasteiger partial charge in [-0.05, 0) is 32.3 Å². The van der Waals surface area contributed by atoms with Crippen LogP contribution in [0, 0.1) is 0 Å². The standard InChI is InChI=1S/C14H21N/c1-4-5-9-12(2)15-13(3)14-10-7-6-8-11-14/h4,6-8,10-13,15H,1,5,9H2,2-3H3/t12-,13-/m0/s1. The Hall–Kier alpha value is -1.08. The third-order valence-electron chi connectivity index (χ3n) is 2.64. The highest BCUT2D eigenvalue weighted by atomic mass is 14.9. The summed E-state index contributed by atoms with van der Waals surface area (Å²) in [5, 5.41) is 3.58. The summed E-state index contributed by atoms with van der Waals surface area (Å²) in [5.74, 6) is 0. The molecule has 0 spiro atoms. The fourth-order valence-electron chi connectivity index (χ4n) is 1.72. The van der Waals surface area contributed by atoms with Crippen LogP contribution in [0.2, 0.25) is 0 Å². The van der Waals surface area contributed by atoms with Crippen molar-refractivity contribution in [1.29, 1.82) is 0 Å². The first-order valence-corrected chi connectivity index (χ1v) is 5.66. The molecule has 1 nitrogen and oxygen atoms in total. The average molecular weight is 203 g/mol. The number of hydrogen-bond donors (Lipinski definition) is 1. The van der Waals surface area contributed by atoms with E-state index in [9.17, 15) is 0 Å². The molecule has 0 aliphatic rings. The Morgan fingerprint density at radius 3 is 2.53 bits per heavy atom. The molecule has 1 aromatic rings. The highest BCUT2D eigenvalue weighted by molar-refractivity contribution is 5.18. The molecular weight excluding hydrogens is 182 g/mol. The Kier molecular flexibility index (Phi) is 5.13. The van der Waals surface area contributed by atoms with Crippen molar-refractivity contribution in [2.45, 2.75) is 38.8 Å². The molecule has 0 aliphatic carbocycles. The van der Waals surface area contributed by atoms with Gasteiger partial charge in [0.15, 0.2) is 0 Å². The summed E-state index contributed by atoms with van der Waals surface area (Å²) in [6.07, 6.45) is 4.21. The smallest absolute Gasteiger partial charge is 0.0294 e. The fourth-order valence-corrected chi connectivity index (χ4v) is 1.72. The molecule has 0 amide bonds. The molecule has 0 aliphatic heterocycles. The maximum Gasteiger partial charge on any atom is 0.0294 e. The largest absolute Gasteiger partial charge is 0.308 e. The van der Waals surface area contributed by atoms with E-state index in [-0.39, 0.29) is 0 Å². The van der Waals surface area contributed by atoms with Crippen LogP contribution >= 0.6 is 0 Å². The van der Waals surface area contributed by atoms with Crippen molar-refractivity contribution >= 4 is 0 Å². The number of rotatable bonds is 6. The average Bonchev–Trinajstić information content (AvgIpc) is 2.27. The second-order valence-electron chi connectivity index (χ2n) is 4.07. The lowest BCUT2D eigenvalue weighted by atomic mass is 10.1. The molecule has 15 heavy (non-hydrogen) atoms. The molecule has 0 aromatic heterocycles. The van der Waals surface area contributed by atoms with E-state index >= 15 is 0 Å². The van der Waals surface area contributed by atoms with Gasteiger partial charge >= 0.3 is 0 Å². The van der Waals surface area contributed by atoms with Gasteiger partial charge in [-0.2, -0.15) is 0 Å². The molecule has 0 fully saturated rings. The number of allylic oxidation sites excluding steroid dienone is 1. The van der Waals surface area contributed by atoms with Gasteiger partial charge in [0.1, 0.15) is 0 Å². The van der Waals surface area contributed by atoms with E-state index < -0.39 is 0 Å². The first kappa shape index (κ1) is 12.0. The summed E-state index contributed by atoms with van der Waals surface area (Å²) in [6, 6.07) is 11.5. The zero-order chi connectivity index (χ0) is 11.1. The van der Waals surface area contributed by atoms with E-state index in [1.54, 1.807) is 0 Å². The molecule has 1 heteroatoms. The van der Waals surface area contributed by atoms with E-state index in [4.69, 9.17) is 0 Å². The summed E-state index contributed by atoms with van der Waals surface area (Å²) >= 11 is 0. The van der Waals surface area contributed by atoms with Crippen LogP contribution in [0.5, 0.6) is 0 Å². The molecular formula is C14H21N. The van der Waals surface area contributed by atoms with Crippen LogP contribution in [0.3, 0.4) is 0 Å². The highest BCUT2D eigenvalue weighted by Gasteiger charge is 2.07. The summed E-state index contributed by atoms with van der Waals surface area (Å²) in [5.41, 5.74) is 1.35. The van der Waals surface area contributed by atoms with Crippen LogP contribution in [0.1, 0.15) is 38.3 Å². The summed E-state index contributed by atoms with van der Waals surface area (Å²) in [6.45, 7) is 8.18. The molecule has 0 bridgehead atoms. The van der Waals surface area contributed by atoms with Crippen LogP contribution in [0.4, 0.5) is 0 Å². The molecule has 2 atom stereocenters. The van der Waals surface area contributed by atoms with Crippen molar-refractivity contribution in [3.05, 3.63) is 48.6 Å². The van der Waals surface area contributed by atoms with E-state index in [1.165, 1.54) is 5.56 Å². The Morgan fingerprint density at radius 1 is 1.27 bits per heavy atom. The second-order valence-corrected chi connectivity index (χ2v) is 4.07. The lowest BCUT2D eigenvalue weighted by Gasteiger charge is -2.19. The zero-order valence-corrected chi connectivity index (χ0v) is 9.74. The molecule has 0 heterocycles. The van der Waals surface area contributed by atoms with E-state index in [0.717, 1.165) is 12.8 Å². The molecule has 0 unspecified atom stereocenters. The first-order chi connectivity index (χ1) is 7.24. The lowest BCUT2D eigenvalue weighted by molar-refractivity contribution is 0.459. The van der Waals surface area contributed by atoms with Gasteiger partial charge in [0.2, 0.25) is 0 Å². The predicted octanol–water partition coefficient (Wildman–Crippen LogP) is 3.69. The van der Waals surface area contributed by atoms with Crippen molar-refractivity contribution in [3.63, 3.8) is 0 Å². The van der Waals surface area contributed by atoms with E-state index in [2.05, 4.69) is 56.1 Å². The van der Waals surface area contributed by atoms with Crippen LogP contribution in [0.15, 0.2) is 43.0 Å². The molecule has 1 rings (SSSR count). The maximum atomic E-state index is 3.74. The van der Waals surface area contributed by atoms with Gasteiger partial charge < -0.3 is 5.32 Å². The van der Waals surface area contributed by atoms with Gasteiger partial charge in [-0.15, -0.1) is 6.58 Å². The Morgan fingerprint density at radius 2 is 1.93 bits per heavy atom. The van der Waals surface area contributed by atoms with Crippen molar-refractivity contribution in [2.24, 2.45) is 0 Å². The number of nitrogens with one attached hydrogen (secondary N) is 1. The highest BCUT2D eigenvalue weighted by Crippen LogP contribution is 2.13. The third kappa shape index (κ3) is 4.30. The van der Waals surface area contributed by atoms with E-state index in [0.29, 0.717) is 12.1 Å². The van der Waals surface area contributed by atoms with Crippen molar-refractivity contribution in [3.8, 4) is 0 Å².